The van der Waals surface area contributed by atoms with Crippen LogP contribution < -0.4 is 0 Å². The normalized spacial score (nSPS) is 32.7. The van der Waals surface area contributed by atoms with Gasteiger partial charge in [-0.15, -0.1) is 0 Å². The Labute approximate surface area is 159 Å². The minimum atomic E-state index is -0.667. The summed E-state index contributed by atoms with van der Waals surface area (Å²) in [6.45, 7) is 0. The Morgan fingerprint density at radius 1 is 1.00 bits per heavy atom. The molecule has 3 fully saturated rings. The Morgan fingerprint density at radius 2 is 1.73 bits per heavy atom. The fraction of sp³-hybridized carbons (Fsp3) is 0.870. The van der Waals surface area contributed by atoms with Crippen molar-refractivity contribution >= 4 is 5.97 Å². The highest BCUT2D eigenvalue weighted by molar-refractivity contribution is 5.66. The van der Waals surface area contributed by atoms with Crippen LogP contribution in [0.3, 0.4) is 0 Å². The van der Waals surface area contributed by atoms with E-state index < -0.39 is 5.97 Å². The van der Waals surface area contributed by atoms with Gasteiger partial charge in [0.05, 0.1) is 6.10 Å². The van der Waals surface area contributed by atoms with Crippen LogP contribution in [0.2, 0.25) is 0 Å². The van der Waals surface area contributed by atoms with Crippen molar-refractivity contribution in [3.63, 3.8) is 0 Å². The van der Waals surface area contributed by atoms with Gasteiger partial charge in [-0.3, -0.25) is 4.79 Å². The van der Waals surface area contributed by atoms with Crippen molar-refractivity contribution in [2.75, 3.05) is 0 Å². The first-order valence-corrected chi connectivity index (χ1v) is 11.2. The lowest BCUT2D eigenvalue weighted by atomic mass is 9.76. The molecule has 3 aliphatic carbocycles. The van der Waals surface area contributed by atoms with Crippen LogP contribution >= 0.6 is 0 Å². The predicted molar refractivity (Wildman–Crippen MR) is 105 cm³/mol. The third-order valence-electron chi connectivity index (χ3n) is 7.44. The number of aliphatic hydroxyl groups excluding tert-OH is 1. The molecule has 3 aliphatic rings. The van der Waals surface area contributed by atoms with Crippen molar-refractivity contribution in [2.24, 2.45) is 29.6 Å². The van der Waals surface area contributed by atoms with Crippen LogP contribution in [0.5, 0.6) is 0 Å². The van der Waals surface area contributed by atoms with Gasteiger partial charge < -0.3 is 10.2 Å². The Hall–Kier alpha value is -0.830. The summed E-state index contributed by atoms with van der Waals surface area (Å²) in [6, 6.07) is 0. The third-order valence-corrected chi connectivity index (χ3v) is 7.44. The van der Waals surface area contributed by atoms with Crippen molar-refractivity contribution in [1.82, 2.24) is 0 Å². The Bertz CT molecular complexity index is 466. The number of hydrogen-bond donors (Lipinski definition) is 2. The summed E-state index contributed by atoms with van der Waals surface area (Å²) in [6.07, 6.45) is 20.6. The lowest BCUT2D eigenvalue weighted by molar-refractivity contribution is -0.137. The number of aliphatic carboxylic acids is 1. The molecular weight excluding hydrogens is 324 g/mol. The smallest absolute Gasteiger partial charge is 0.303 e. The summed E-state index contributed by atoms with van der Waals surface area (Å²) in [5, 5.41) is 19.1. The van der Waals surface area contributed by atoms with Gasteiger partial charge in [0.15, 0.2) is 0 Å². The van der Waals surface area contributed by atoms with E-state index in [-0.39, 0.29) is 6.10 Å². The van der Waals surface area contributed by atoms with Crippen LogP contribution in [-0.2, 0) is 4.79 Å². The number of hydrogen-bond acceptors (Lipinski definition) is 2. The Balaban J connectivity index is 1.41. The summed E-state index contributed by atoms with van der Waals surface area (Å²) < 4.78 is 0. The van der Waals surface area contributed by atoms with Crippen LogP contribution in [0.4, 0.5) is 0 Å². The second-order valence-corrected chi connectivity index (χ2v) is 9.26. The quantitative estimate of drug-likeness (QED) is 0.373. The van der Waals surface area contributed by atoms with Gasteiger partial charge in [0.2, 0.25) is 0 Å². The van der Waals surface area contributed by atoms with Crippen molar-refractivity contribution in [1.29, 1.82) is 0 Å². The van der Waals surface area contributed by atoms with Crippen LogP contribution in [-0.4, -0.2) is 22.3 Å². The van der Waals surface area contributed by atoms with Gasteiger partial charge in [-0.2, -0.15) is 0 Å². The molecule has 3 heteroatoms. The number of carbonyl (C=O) groups is 1. The van der Waals surface area contributed by atoms with E-state index in [2.05, 4.69) is 12.2 Å². The van der Waals surface area contributed by atoms with Gasteiger partial charge in [-0.1, -0.05) is 57.1 Å². The molecule has 3 nitrogen and oxygen atoms in total. The predicted octanol–water partition coefficient (Wildman–Crippen LogP) is 5.57. The first-order chi connectivity index (χ1) is 12.6. The molecule has 0 radical (unpaired) electrons. The maximum absolute atomic E-state index is 10.6. The average Bonchev–Trinajstić information content (AvgIpc) is 3.33. The first kappa shape index (κ1) is 19.9. The maximum Gasteiger partial charge on any atom is 0.303 e. The topological polar surface area (TPSA) is 57.5 Å². The zero-order chi connectivity index (χ0) is 18.4. The molecule has 0 saturated heterocycles. The molecule has 0 heterocycles. The summed E-state index contributed by atoms with van der Waals surface area (Å²) in [7, 11) is 0. The SMILES string of the molecule is O=C(O)CCCCCCC1C2CCC(C2)C1C=CC(O)CC1CCCC1. The molecule has 0 aromatic rings. The van der Waals surface area contributed by atoms with Crippen molar-refractivity contribution in [2.45, 2.75) is 96.0 Å². The van der Waals surface area contributed by atoms with Gasteiger partial charge in [0.1, 0.15) is 0 Å². The molecule has 2 bridgehead atoms. The number of unbranched alkanes of at least 4 members (excludes halogenated alkanes) is 3. The highest BCUT2D eigenvalue weighted by Crippen LogP contribution is 2.54. The van der Waals surface area contributed by atoms with E-state index in [1.54, 1.807) is 0 Å². The number of carboxylic acid groups (broad SMARTS) is 1. The number of allylic oxidation sites excluding steroid dienone is 1. The second-order valence-electron chi connectivity index (χ2n) is 9.26. The van der Waals surface area contributed by atoms with E-state index in [1.165, 1.54) is 64.2 Å². The maximum atomic E-state index is 10.6. The van der Waals surface area contributed by atoms with E-state index >= 15 is 0 Å². The molecule has 5 atom stereocenters. The fourth-order valence-corrected chi connectivity index (χ4v) is 6.12. The molecule has 0 amide bonds. The highest BCUT2D eigenvalue weighted by Gasteiger charge is 2.45. The summed E-state index contributed by atoms with van der Waals surface area (Å²) >= 11 is 0. The lowest BCUT2D eigenvalue weighted by Gasteiger charge is -2.29. The molecule has 0 aromatic heterocycles. The van der Waals surface area contributed by atoms with Crippen LogP contribution in [0.25, 0.3) is 0 Å². The molecule has 3 saturated carbocycles. The molecule has 5 unspecified atom stereocenters. The molecule has 3 rings (SSSR count). The van der Waals surface area contributed by atoms with E-state index in [1.807, 2.05) is 0 Å². The molecule has 0 aliphatic heterocycles. The van der Waals surface area contributed by atoms with E-state index in [0.29, 0.717) is 12.3 Å². The zero-order valence-electron chi connectivity index (χ0n) is 16.3. The Kier molecular flexibility index (Phi) is 7.60. The van der Waals surface area contributed by atoms with Crippen molar-refractivity contribution in [3.8, 4) is 0 Å². The third kappa shape index (κ3) is 5.58. The van der Waals surface area contributed by atoms with Crippen LogP contribution in [0.1, 0.15) is 89.9 Å². The zero-order valence-corrected chi connectivity index (χ0v) is 16.3. The standard InChI is InChI=1S/C23H38O3/c24-20(15-17-7-5-6-8-17)13-14-22-19-12-11-18(16-19)21(22)9-3-1-2-4-10-23(25)26/h13-14,17-22,24H,1-12,15-16H2,(H,25,26). The molecule has 0 spiro atoms. The second kappa shape index (κ2) is 9.92. The highest BCUT2D eigenvalue weighted by atomic mass is 16.4. The summed E-state index contributed by atoms with van der Waals surface area (Å²) in [5.41, 5.74) is 0. The number of carboxylic acids is 1. The van der Waals surface area contributed by atoms with Gasteiger partial charge in [-0.05, 0) is 68.1 Å². The first-order valence-electron chi connectivity index (χ1n) is 11.2. The number of aliphatic hydroxyl groups is 1. The van der Waals surface area contributed by atoms with E-state index in [9.17, 15) is 9.90 Å². The lowest BCUT2D eigenvalue weighted by Crippen LogP contribution is -2.21. The number of rotatable bonds is 11. The molecular formula is C23H38O3. The molecule has 148 valence electrons. The van der Waals surface area contributed by atoms with Gasteiger partial charge in [0, 0.05) is 6.42 Å². The molecule has 2 N–H and O–H groups in total. The van der Waals surface area contributed by atoms with Crippen LogP contribution in [0, 0.1) is 29.6 Å². The fourth-order valence-electron chi connectivity index (χ4n) is 6.12. The molecule has 26 heavy (non-hydrogen) atoms. The minimum Gasteiger partial charge on any atom is -0.481 e. The van der Waals surface area contributed by atoms with E-state index in [0.717, 1.165) is 42.9 Å². The van der Waals surface area contributed by atoms with Gasteiger partial charge in [-0.25, -0.2) is 0 Å². The summed E-state index contributed by atoms with van der Waals surface area (Å²) in [4.78, 5) is 10.6. The van der Waals surface area contributed by atoms with Gasteiger partial charge >= 0.3 is 5.97 Å². The monoisotopic (exact) mass is 362 g/mol. The largest absolute Gasteiger partial charge is 0.481 e. The average molecular weight is 363 g/mol. The minimum absolute atomic E-state index is 0.242. The Morgan fingerprint density at radius 3 is 2.50 bits per heavy atom. The number of fused-ring (bicyclic) bond motifs is 2. The van der Waals surface area contributed by atoms with E-state index in [4.69, 9.17) is 5.11 Å². The summed E-state index contributed by atoms with van der Waals surface area (Å²) in [5.74, 6) is 3.33. The van der Waals surface area contributed by atoms with Crippen molar-refractivity contribution in [3.05, 3.63) is 12.2 Å². The molecule has 0 aromatic carbocycles. The van der Waals surface area contributed by atoms with Crippen LogP contribution in [0.15, 0.2) is 12.2 Å². The van der Waals surface area contributed by atoms with Crippen molar-refractivity contribution < 1.29 is 15.0 Å². The van der Waals surface area contributed by atoms with Gasteiger partial charge in [0.25, 0.3) is 0 Å².